The lowest BCUT2D eigenvalue weighted by atomic mass is 10.1. The molecule has 1 atom stereocenters. The molecule has 0 bridgehead atoms. The third-order valence-corrected chi connectivity index (χ3v) is 5.87. The fourth-order valence-corrected chi connectivity index (χ4v) is 4.32. The van der Waals surface area contributed by atoms with Crippen LogP contribution in [0.15, 0.2) is 18.5 Å². The first-order valence-electron chi connectivity index (χ1n) is 8.84. The number of aryl methyl sites for hydroxylation is 1. The molecule has 142 valence electrons. The summed E-state index contributed by atoms with van der Waals surface area (Å²) >= 11 is 0. The molecule has 1 fully saturated rings. The van der Waals surface area contributed by atoms with Gasteiger partial charge in [0.1, 0.15) is 5.82 Å². The van der Waals surface area contributed by atoms with E-state index < -0.39 is 10.0 Å². The number of imidazole rings is 1. The summed E-state index contributed by atoms with van der Waals surface area (Å²) in [5, 5.41) is 3.29. The Kier molecular flexibility index (Phi) is 5.29. The molecule has 0 aromatic carbocycles. The molecule has 0 radical (unpaired) electrons. The Bertz CT molecular complexity index is 877. The first-order chi connectivity index (χ1) is 12.3. The van der Waals surface area contributed by atoms with Crippen LogP contribution >= 0.6 is 0 Å². The molecule has 1 aliphatic rings. The van der Waals surface area contributed by atoms with Gasteiger partial charge in [-0.25, -0.2) is 27.7 Å². The average molecular weight is 379 g/mol. The maximum Gasteiger partial charge on any atom is 0.223 e. The van der Waals surface area contributed by atoms with Crippen LogP contribution in [-0.4, -0.2) is 57.6 Å². The number of sulfonamides is 1. The fourth-order valence-electron chi connectivity index (χ4n) is 3.41. The first kappa shape index (κ1) is 18.8. The minimum Gasteiger partial charge on any atom is -0.350 e. The summed E-state index contributed by atoms with van der Waals surface area (Å²) in [6, 6.07) is 2.15. The van der Waals surface area contributed by atoms with Gasteiger partial charge in [-0.3, -0.25) is 0 Å². The molecule has 3 heterocycles. The van der Waals surface area contributed by atoms with Crippen LogP contribution in [0.25, 0.3) is 11.4 Å². The van der Waals surface area contributed by atoms with Crippen LogP contribution < -0.4 is 5.32 Å². The average Bonchev–Trinajstić information content (AvgIpc) is 2.96. The topological polar surface area (TPSA) is 93.0 Å². The van der Waals surface area contributed by atoms with Crippen molar-refractivity contribution in [1.29, 1.82) is 0 Å². The predicted octanol–water partition coefficient (Wildman–Crippen LogP) is 2.07. The van der Waals surface area contributed by atoms with Crippen molar-refractivity contribution < 1.29 is 8.42 Å². The molecular weight excluding hydrogens is 352 g/mol. The molecule has 9 heteroatoms. The molecule has 0 spiro atoms. The van der Waals surface area contributed by atoms with Gasteiger partial charge in [-0.05, 0) is 39.7 Å². The molecule has 2 aromatic heterocycles. The second-order valence-electron chi connectivity index (χ2n) is 7.02. The van der Waals surface area contributed by atoms with Crippen LogP contribution in [0, 0.1) is 6.92 Å². The standard InChI is InChI=1S/C17H26N6O2S/c1-12(2)23-13(3)19-10-16(23)15-7-8-18-17(21-15)20-14-6-5-9-22(11-14)26(4,24)25/h7-8,10,12,14H,5-6,9,11H2,1-4H3,(H,18,20,21)/t14-/m1/s1. The molecule has 1 N–H and O–H groups in total. The zero-order chi connectivity index (χ0) is 18.9. The van der Waals surface area contributed by atoms with Gasteiger partial charge in [0.05, 0.1) is 23.8 Å². The van der Waals surface area contributed by atoms with Gasteiger partial charge < -0.3 is 9.88 Å². The summed E-state index contributed by atoms with van der Waals surface area (Å²) in [6.45, 7) is 7.21. The highest BCUT2D eigenvalue weighted by molar-refractivity contribution is 7.88. The van der Waals surface area contributed by atoms with Crippen molar-refractivity contribution in [3.63, 3.8) is 0 Å². The van der Waals surface area contributed by atoms with E-state index in [1.165, 1.54) is 10.6 Å². The lowest BCUT2D eigenvalue weighted by molar-refractivity contribution is 0.328. The van der Waals surface area contributed by atoms with Gasteiger partial charge in [-0.1, -0.05) is 0 Å². The summed E-state index contributed by atoms with van der Waals surface area (Å²) < 4.78 is 27.2. The van der Waals surface area contributed by atoms with Gasteiger partial charge in [0.15, 0.2) is 0 Å². The third-order valence-electron chi connectivity index (χ3n) is 4.60. The van der Waals surface area contributed by atoms with E-state index in [2.05, 4.69) is 38.7 Å². The second kappa shape index (κ2) is 7.32. The molecule has 3 rings (SSSR count). The molecule has 2 aromatic rings. The van der Waals surface area contributed by atoms with Crippen LogP contribution in [0.4, 0.5) is 5.95 Å². The Morgan fingerprint density at radius 2 is 2.08 bits per heavy atom. The van der Waals surface area contributed by atoms with E-state index in [-0.39, 0.29) is 12.1 Å². The van der Waals surface area contributed by atoms with E-state index in [4.69, 9.17) is 0 Å². The third kappa shape index (κ3) is 4.04. The van der Waals surface area contributed by atoms with Crippen LogP contribution in [-0.2, 0) is 10.0 Å². The molecule has 8 nitrogen and oxygen atoms in total. The molecule has 0 aliphatic carbocycles. The number of hydrogen-bond donors (Lipinski definition) is 1. The largest absolute Gasteiger partial charge is 0.350 e. The van der Waals surface area contributed by atoms with Crippen LogP contribution in [0.2, 0.25) is 0 Å². The van der Waals surface area contributed by atoms with Gasteiger partial charge in [-0.15, -0.1) is 0 Å². The highest BCUT2D eigenvalue weighted by atomic mass is 32.2. The zero-order valence-corrected chi connectivity index (χ0v) is 16.5. The normalized spacial score (nSPS) is 19.0. The van der Waals surface area contributed by atoms with Crippen molar-refractivity contribution in [2.75, 3.05) is 24.7 Å². The Morgan fingerprint density at radius 1 is 1.31 bits per heavy atom. The lowest BCUT2D eigenvalue weighted by Crippen LogP contribution is -2.44. The van der Waals surface area contributed by atoms with Gasteiger partial charge in [0.2, 0.25) is 16.0 Å². The summed E-state index contributed by atoms with van der Waals surface area (Å²) in [7, 11) is -3.17. The van der Waals surface area contributed by atoms with E-state index in [0.717, 1.165) is 30.1 Å². The summed E-state index contributed by atoms with van der Waals surface area (Å²) in [4.78, 5) is 13.3. The van der Waals surface area contributed by atoms with Crippen molar-refractivity contribution in [2.45, 2.75) is 45.7 Å². The van der Waals surface area contributed by atoms with Gasteiger partial charge in [-0.2, -0.15) is 0 Å². The number of rotatable bonds is 5. The second-order valence-corrected chi connectivity index (χ2v) is 9.01. The highest BCUT2D eigenvalue weighted by Gasteiger charge is 2.26. The Morgan fingerprint density at radius 3 is 2.77 bits per heavy atom. The molecule has 1 aliphatic heterocycles. The van der Waals surface area contributed by atoms with Gasteiger partial charge >= 0.3 is 0 Å². The molecule has 1 saturated heterocycles. The minimum absolute atomic E-state index is 0.00507. The van der Waals surface area contributed by atoms with E-state index in [9.17, 15) is 8.42 Å². The maximum absolute atomic E-state index is 11.8. The van der Waals surface area contributed by atoms with E-state index in [1.807, 2.05) is 19.2 Å². The van der Waals surface area contributed by atoms with E-state index in [1.54, 1.807) is 6.20 Å². The highest BCUT2D eigenvalue weighted by Crippen LogP contribution is 2.24. The quantitative estimate of drug-likeness (QED) is 0.856. The van der Waals surface area contributed by atoms with Crippen molar-refractivity contribution in [2.24, 2.45) is 0 Å². The number of piperidine rings is 1. The maximum atomic E-state index is 11.8. The smallest absolute Gasteiger partial charge is 0.223 e. The molecular formula is C17H26N6O2S. The number of nitrogens with zero attached hydrogens (tertiary/aromatic N) is 5. The van der Waals surface area contributed by atoms with Crippen molar-refractivity contribution in [3.8, 4) is 11.4 Å². The van der Waals surface area contributed by atoms with Crippen LogP contribution in [0.1, 0.15) is 38.6 Å². The number of aromatic nitrogens is 4. The summed E-state index contributed by atoms with van der Waals surface area (Å²) in [5.41, 5.74) is 1.75. The first-order valence-corrected chi connectivity index (χ1v) is 10.7. The zero-order valence-electron chi connectivity index (χ0n) is 15.7. The molecule has 0 amide bonds. The Balaban J connectivity index is 1.80. The predicted molar refractivity (Wildman–Crippen MR) is 101 cm³/mol. The van der Waals surface area contributed by atoms with E-state index >= 15 is 0 Å². The molecule has 0 saturated carbocycles. The van der Waals surface area contributed by atoms with Gasteiger partial charge in [0, 0.05) is 31.4 Å². The summed E-state index contributed by atoms with van der Waals surface area (Å²) in [6.07, 6.45) is 6.51. The SMILES string of the molecule is Cc1ncc(-c2ccnc(N[C@@H]3CCCN(S(C)(=O)=O)C3)n2)n1C(C)C. The van der Waals surface area contributed by atoms with Gasteiger partial charge in [0.25, 0.3) is 0 Å². The van der Waals surface area contributed by atoms with Crippen molar-refractivity contribution in [1.82, 2.24) is 23.8 Å². The molecule has 0 unspecified atom stereocenters. The monoisotopic (exact) mass is 378 g/mol. The Labute approximate surface area is 154 Å². The Hall–Kier alpha value is -2.00. The van der Waals surface area contributed by atoms with E-state index in [0.29, 0.717) is 19.0 Å². The lowest BCUT2D eigenvalue weighted by Gasteiger charge is -2.31. The number of nitrogens with one attached hydrogen (secondary N) is 1. The van der Waals surface area contributed by atoms with Crippen molar-refractivity contribution >= 4 is 16.0 Å². The van der Waals surface area contributed by atoms with Crippen molar-refractivity contribution in [3.05, 3.63) is 24.3 Å². The minimum atomic E-state index is -3.17. The van der Waals surface area contributed by atoms with Crippen LogP contribution in [0.5, 0.6) is 0 Å². The summed E-state index contributed by atoms with van der Waals surface area (Å²) in [5.74, 6) is 1.45. The fraction of sp³-hybridized carbons (Fsp3) is 0.588. The number of anilines is 1. The number of hydrogen-bond acceptors (Lipinski definition) is 6. The molecule has 26 heavy (non-hydrogen) atoms. The van der Waals surface area contributed by atoms with Crippen LogP contribution in [0.3, 0.4) is 0 Å².